The Hall–Kier alpha value is -0.340. The van der Waals surface area contributed by atoms with Crippen molar-refractivity contribution < 1.29 is 16.8 Å². The maximum Gasteiger partial charge on any atom is 0.243 e. The molecule has 0 aromatic heterocycles. The topological polar surface area (TPSA) is 80.3 Å². The van der Waals surface area contributed by atoms with Crippen LogP contribution in [-0.4, -0.2) is 35.4 Å². The Morgan fingerprint density at radius 2 is 1.61 bits per heavy atom. The molecule has 1 aromatic carbocycles. The van der Waals surface area contributed by atoms with Gasteiger partial charge in [-0.25, -0.2) is 21.6 Å². The van der Waals surface area contributed by atoms with E-state index in [1.54, 1.807) is 0 Å². The van der Waals surface area contributed by atoms with Crippen LogP contribution in [0.2, 0.25) is 10.0 Å². The van der Waals surface area contributed by atoms with Crippen molar-refractivity contribution in [1.82, 2.24) is 4.72 Å². The number of hydrogen-bond acceptors (Lipinski definition) is 4. The van der Waals surface area contributed by atoms with Gasteiger partial charge < -0.3 is 0 Å². The Kier molecular flexibility index (Phi) is 5.02. The van der Waals surface area contributed by atoms with Crippen LogP contribution in [0.15, 0.2) is 23.1 Å². The van der Waals surface area contributed by atoms with Crippen molar-refractivity contribution in [1.29, 1.82) is 0 Å². The first-order chi connectivity index (χ1) is 8.13. The minimum absolute atomic E-state index is 0.0191. The second kappa shape index (κ2) is 5.75. The second-order valence-corrected chi connectivity index (χ2v) is 8.36. The van der Waals surface area contributed by atoms with E-state index in [0.29, 0.717) is 0 Å². The summed E-state index contributed by atoms with van der Waals surface area (Å²) < 4.78 is 47.7. The summed E-state index contributed by atoms with van der Waals surface area (Å²) in [6, 6.07) is 4.29. The molecule has 0 heterocycles. The van der Waals surface area contributed by atoms with E-state index in [1.807, 2.05) is 0 Å². The first-order valence-corrected chi connectivity index (χ1v) is 9.05. The molecule has 0 spiro atoms. The summed E-state index contributed by atoms with van der Waals surface area (Å²) >= 11 is 11.5. The average molecular weight is 332 g/mol. The molecule has 0 saturated carbocycles. The van der Waals surface area contributed by atoms with E-state index in [1.165, 1.54) is 18.2 Å². The van der Waals surface area contributed by atoms with E-state index in [0.717, 1.165) is 6.26 Å². The van der Waals surface area contributed by atoms with Gasteiger partial charge in [-0.2, -0.15) is 0 Å². The predicted octanol–water partition coefficient (Wildman–Crippen LogP) is 1.32. The summed E-state index contributed by atoms with van der Waals surface area (Å²) in [5, 5.41) is -0.0382. The number of rotatable bonds is 5. The molecule has 0 unspecified atom stereocenters. The first-order valence-electron chi connectivity index (χ1n) is 4.75. The number of hydrogen-bond donors (Lipinski definition) is 1. The van der Waals surface area contributed by atoms with Crippen LogP contribution in [-0.2, 0) is 19.9 Å². The van der Waals surface area contributed by atoms with Gasteiger partial charge in [0, 0.05) is 12.8 Å². The van der Waals surface area contributed by atoms with Crippen molar-refractivity contribution >= 4 is 43.1 Å². The van der Waals surface area contributed by atoms with Gasteiger partial charge in [-0.05, 0) is 12.1 Å². The lowest BCUT2D eigenvalue weighted by Gasteiger charge is -2.09. The smallest absolute Gasteiger partial charge is 0.229 e. The van der Waals surface area contributed by atoms with Crippen molar-refractivity contribution in [2.24, 2.45) is 0 Å². The standard InChI is InChI=1S/C9H11Cl2NO4S2/c1-17(13,14)6-5-12-18(15,16)9-7(10)3-2-4-8(9)11/h2-4,12H,5-6H2,1H3. The highest BCUT2D eigenvalue weighted by molar-refractivity contribution is 7.91. The quantitative estimate of drug-likeness (QED) is 0.882. The molecular weight excluding hydrogens is 321 g/mol. The highest BCUT2D eigenvalue weighted by atomic mass is 35.5. The van der Waals surface area contributed by atoms with Gasteiger partial charge in [-0.15, -0.1) is 0 Å². The maximum absolute atomic E-state index is 11.9. The summed E-state index contributed by atoms with van der Waals surface area (Å²) in [5.41, 5.74) is 0. The van der Waals surface area contributed by atoms with Crippen LogP contribution < -0.4 is 4.72 Å². The van der Waals surface area contributed by atoms with E-state index >= 15 is 0 Å². The minimum atomic E-state index is -3.92. The van der Waals surface area contributed by atoms with Crippen LogP contribution in [0.1, 0.15) is 0 Å². The first kappa shape index (κ1) is 15.7. The van der Waals surface area contributed by atoms with Crippen LogP contribution in [0, 0.1) is 0 Å². The number of sulfonamides is 1. The van der Waals surface area contributed by atoms with Crippen LogP contribution in [0.25, 0.3) is 0 Å². The van der Waals surface area contributed by atoms with Crippen LogP contribution in [0.4, 0.5) is 0 Å². The van der Waals surface area contributed by atoms with Crippen LogP contribution in [0.3, 0.4) is 0 Å². The van der Waals surface area contributed by atoms with Crippen molar-refractivity contribution in [3.63, 3.8) is 0 Å². The van der Waals surface area contributed by atoms with Gasteiger partial charge in [0.15, 0.2) is 0 Å². The summed E-state index contributed by atoms with van der Waals surface area (Å²) in [6.45, 7) is -0.233. The average Bonchev–Trinajstić information content (AvgIpc) is 2.13. The molecular formula is C9H11Cl2NO4S2. The Bertz CT molecular complexity index is 620. The largest absolute Gasteiger partial charge is 0.243 e. The highest BCUT2D eigenvalue weighted by Crippen LogP contribution is 2.28. The van der Waals surface area contributed by atoms with E-state index in [-0.39, 0.29) is 27.2 Å². The maximum atomic E-state index is 11.9. The second-order valence-electron chi connectivity index (χ2n) is 3.58. The van der Waals surface area contributed by atoms with Crippen LogP contribution in [0.5, 0.6) is 0 Å². The third-order valence-corrected chi connectivity index (χ3v) is 5.31. The Labute approximate surface area is 116 Å². The molecule has 9 heteroatoms. The molecule has 0 aliphatic carbocycles. The molecule has 0 fully saturated rings. The lowest BCUT2D eigenvalue weighted by molar-refractivity contribution is 0.582. The van der Waals surface area contributed by atoms with Gasteiger partial charge in [0.25, 0.3) is 0 Å². The summed E-state index contributed by atoms with van der Waals surface area (Å²) in [7, 11) is -7.16. The molecule has 0 bridgehead atoms. The van der Waals surface area contributed by atoms with Gasteiger partial charge in [-0.1, -0.05) is 29.3 Å². The SMILES string of the molecule is CS(=O)(=O)CCNS(=O)(=O)c1c(Cl)cccc1Cl. The van der Waals surface area contributed by atoms with Crippen molar-refractivity contribution in [3.8, 4) is 0 Å². The van der Waals surface area contributed by atoms with Gasteiger partial charge in [0.1, 0.15) is 14.7 Å². The molecule has 102 valence electrons. The molecule has 0 amide bonds. The van der Waals surface area contributed by atoms with Gasteiger partial charge in [0.05, 0.1) is 15.8 Å². The van der Waals surface area contributed by atoms with Crippen molar-refractivity contribution in [2.45, 2.75) is 4.90 Å². The molecule has 1 rings (SSSR count). The predicted molar refractivity (Wildman–Crippen MR) is 71.4 cm³/mol. The third kappa shape index (κ3) is 4.40. The summed E-state index contributed by atoms with van der Waals surface area (Å²) in [4.78, 5) is -0.248. The molecule has 18 heavy (non-hydrogen) atoms. The minimum Gasteiger partial charge on any atom is -0.229 e. The van der Waals surface area contributed by atoms with Crippen molar-refractivity contribution in [2.75, 3.05) is 18.6 Å². The van der Waals surface area contributed by atoms with Gasteiger partial charge in [0.2, 0.25) is 10.0 Å². The molecule has 0 aliphatic rings. The fourth-order valence-electron chi connectivity index (χ4n) is 1.17. The number of nitrogens with one attached hydrogen (secondary N) is 1. The van der Waals surface area contributed by atoms with Gasteiger partial charge in [-0.3, -0.25) is 0 Å². The monoisotopic (exact) mass is 331 g/mol. The fourth-order valence-corrected chi connectivity index (χ4v) is 3.95. The lowest BCUT2D eigenvalue weighted by atomic mass is 10.4. The van der Waals surface area contributed by atoms with E-state index in [4.69, 9.17) is 23.2 Å². The molecule has 0 atom stereocenters. The summed E-state index contributed by atoms with van der Waals surface area (Å²) in [5.74, 6) is -0.297. The summed E-state index contributed by atoms with van der Waals surface area (Å²) in [6.07, 6.45) is 1.02. The zero-order valence-corrected chi connectivity index (χ0v) is 12.5. The third-order valence-electron chi connectivity index (χ3n) is 1.95. The fraction of sp³-hybridized carbons (Fsp3) is 0.333. The molecule has 0 saturated heterocycles. The van der Waals surface area contributed by atoms with E-state index < -0.39 is 19.9 Å². The van der Waals surface area contributed by atoms with Crippen LogP contribution >= 0.6 is 23.2 Å². The van der Waals surface area contributed by atoms with Gasteiger partial charge >= 0.3 is 0 Å². The number of benzene rings is 1. The van der Waals surface area contributed by atoms with E-state index in [9.17, 15) is 16.8 Å². The molecule has 5 nitrogen and oxygen atoms in total. The number of halogens is 2. The molecule has 0 radical (unpaired) electrons. The Morgan fingerprint density at radius 3 is 2.06 bits per heavy atom. The highest BCUT2D eigenvalue weighted by Gasteiger charge is 2.21. The molecule has 1 N–H and O–H groups in total. The molecule has 1 aromatic rings. The zero-order chi connectivity index (χ0) is 14.0. The normalized spacial score (nSPS) is 12.6. The van der Waals surface area contributed by atoms with E-state index in [2.05, 4.69) is 4.72 Å². The lowest BCUT2D eigenvalue weighted by Crippen LogP contribution is -2.29. The Balaban J connectivity index is 2.94. The zero-order valence-electron chi connectivity index (χ0n) is 9.35. The van der Waals surface area contributed by atoms with Crippen molar-refractivity contribution in [3.05, 3.63) is 28.2 Å². The Morgan fingerprint density at radius 1 is 1.11 bits per heavy atom. The molecule has 0 aliphatic heterocycles. The number of sulfone groups is 1.